The Morgan fingerprint density at radius 2 is 2.07 bits per heavy atom. The van der Waals surface area contributed by atoms with Crippen molar-refractivity contribution in [2.75, 3.05) is 18.1 Å². The van der Waals surface area contributed by atoms with Crippen molar-refractivity contribution < 1.29 is 4.74 Å². The van der Waals surface area contributed by atoms with Crippen molar-refractivity contribution in [3.05, 3.63) is 0 Å². The maximum atomic E-state index is 6.19. The van der Waals surface area contributed by atoms with Gasteiger partial charge in [-0.25, -0.2) is 0 Å². The minimum atomic E-state index is 0.313. The van der Waals surface area contributed by atoms with E-state index in [1.165, 1.54) is 38.5 Å². The molecule has 1 heterocycles. The fraction of sp³-hybridized carbons (Fsp3) is 1.00. The van der Waals surface area contributed by atoms with Crippen LogP contribution < -0.4 is 5.73 Å². The third kappa shape index (κ3) is 2.44. The lowest BCUT2D eigenvalue weighted by Crippen LogP contribution is -2.25. The van der Waals surface area contributed by atoms with Crippen LogP contribution in [-0.2, 0) is 4.74 Å². The van der Waals surface area contributed by atoms with Crippen LogP contribution in [0.25, 0.3) is 0 Å². The average Bonchev–Trinajstić information content (AvgIpc) is 2.79. The highest BCUT2D eigenvalue weighted by Crippen LogP contribution is 2.43. The fourth-order valence-electron chi connectivity index (χ4n) is 2.70. The van der Waals surface area contributed by atoms with Crippen LogP contribution in [0, 0.1) is 0 Å². The molecule has 0 aromatic rings. The summed E-state index contributed by atoms with van der Waals surface area (Å²) >= 11 is 1.94. The molecule has 2 fully saturated rings. The van der Waals surface area contributed by atoms with Gasteiger partial charge in [-0.2, -0.15) is 11.8 Å². The summed E-state index contributed by atoms with van der Waals surface area (Å²) < 4.78 is 6.19. The molecule has 1 saturated carbocycles. The summed E-state index contributed by atoms with van der Waals surface area (Å²) in [6.07, 6.45) is 8.48. The van der Waals surface area contributed by atoms with Crippen LogP contribution in [0.4, 0.5) is 0 Å². The lowest BCUT2D eigenvalue weighted by molar-refractivity contribution is -0.0267. The van der Waals surface area contributed by atoms with E-state index in [1.54, 1.807) is 0 Å². The van der Waals surface area contributed by atoms with E-state index < -0.39 is 0 Å². The molecule has 2 rings (SSSR count). The Kier molecular flexibility index (Phi) is 3.74. The first-order chi connectivity index (χ1) is 6.85. The number of thioether (sulfide) groups is 1. The predicted molar refractivity (Wildman–Crippen MR) is 61.7 cm³/mol. The van der Waals surface area contributed by atoms with Crippen molar-refractivity contribution in [2.45, 2.75) is 50.2 Å². The van der Waals surface area contributed by atoms with E-state index in [9.17, 15) is 0 Å². The second-order valence-corrected chi connectivity index (χ2v) is 5.68. The van der Waals surface area contributed by atoms with Crippen LogP contribution in [0.5, 0.6) is 0 Å². The van der Waals surface area contributed by atoms with Crippen LogP contribution in [0.15, 0.2) is 0 Å². The summed E-state index contributed by atoms with van der Waals surface area (Å²) in [6, 6.07) is 0. The molecule has 1 spiro atoms. The van der Waals surface area contributed by atoms with Crippen molar-refractivity contribution in [3.8, 4) is 0 Å². The van der Waals surface area contributed by atoms with Gasteiger partial charge >= 0.3 is 0 Å². The smallest absolute Gasteiger partial charge is 0.0687 e. The first-order valence-corrected chi connectivity index (χ1v) is 6.96. The van der Waals surface area contributed by atoms with E-state index in [0.717, 1.165) is 18.1 Å². The maximum Gasteiger partial charge on any atom is 0.0687 e. The van der Waals surface area contributed by atoms with Gasteiger partial charge in [0.15, 0.2) is 0 Å². The summed E-state index contributed by atoms with van der Waals surface area (Å²) in [5, 5.41) is 0. The molecule has 0 radical (unpaired) electrons. The Balaban J connectivity index is 1.71. The van der Waals surface area contributed by atoms with Crippen LogP contribution in [0.1, 0.15) is 38.5 Å². The van der Waals surface area contributed by atoms with Gasteiger partial charge in [-0.05, 0) is 25.7 Å². The Labute approximate surface area is 91.0 Å². The zero-order chi connectivity index (χ0) is 9.86. The van der Waals surface area contributed by atoms with Gasteiger partial charge in [-0.3, -0.25) is 0 Å². The largest absolute Gasteiger partial charge is 0.371 e. The van der Waals surface area contributed by atoms with Crippen molar-refractivity contribution in [2.24, 2.45) is 5.73 Å². The number of hydrogen-bond acceptors (Lipinski definition) is 3. The summed E-state index contributed by atoms with van der Waals surface area (Å²) in [4.78, 5) is 0. The van der Waals surface area contributed by atoms with E-state index in [4.69, 9.17) is 10.5 Å². The zero-order valence-electron chi connectivity index (χ0n) is 8.84. The predicted octanol–water partition coefficient (Wildman–Crippen LogP) is 2.17. The molecule has 1 aliphatic carbocycles. The van der Waals surface area contributed by atoms with Crippen LogP contribution in [-0.4, -0.2) is 29.8 Å². The lowest BCUT2D eigenvalue weighted by atomic mass is 9.98. The highest BCUT2D eigenvalue weighted by atomic mass is 32.2. The molecule has 1 unspecified atom stereocenters. The van der Waals surface area contributed by atoms with Gasteiger partial charge < -0.3 is 10.5 Å². The first-order valence-electron chi connectivity index (χ1n) is 5.80. The molecule has 0 amide bonds. The molecule has 0 aromatic carbocycles. The van der Waals surface area contributed by atoms with E-state index >= 15 is 0 Å². The molecule has 2 nitrogen and oxygen atoms in total. The minimum Gasteiger partial charge on any atom is -0.371 e. The molecule has 14 heavy (non-hydrogen) atoms. The van der Waals surface area contributed by atoms with Gasteiger partial charge in [-0.15, -0.1) is 0 Å². The number of hydrogen-bond donors (Lipinski definition) is 1. The molecule has 2 N–H and O–H groups in total. The summed E-state index contributed by atoms with van der Waals surface area (Å²) in [5.74, 6) is 2.23. The Morgan fingerprint density at radius 3 is 2.79 bits per heavy atom. The molecule has 2 aliphatic rings. The van der Waals surface area contributed by atoms with Crippen molar-refractivity contribution in [1.29, 1.82) is 0 Å². The third-order valence-corrected chi connectivity index (χ3v) is 4.55. The Hall–Kier alpha value is 0.270. The number of ether oxygens (including phenoxy) is 1. The zero-order valence-corrected chi connectivity index (χ0v) is 9.65. The molecule has 0 aromatic heterocycles. The SMILES string of the molecule is NCCSCC1CCC2(CCCC2)O1. The summed E-state index contributed by atoms with van der Waals surface area (Å²) in [7, 11) is 0. The van der Waals surface area contributed by atoms with E-state index in [1.807, 2.05) is 11.8 Å². The molecular weight excluding hydrogens is 194 g/mol. The standard InChI is InChI=1S/C11H21NOS/c12-7-8-14-9-10-3-6-11(13-10)4-1-2-5-11/h10H,1-9,12H2. The summed E-state index contributed by atoms with van der Waals surface area (Å²) in [5.41, 5.74) is 5.78. The second-order valence-electron chi connectivity index (χ2n) is 4.53. The molecule has 82 valence electrons. The van der Waals surface area contributed by atoms with E-state index in [2.05, 4.69) is 0 Å². The van der Waals surface area contributed by atoms with Gasteiger partial charge in [-0.1, -0.05) is 12.8 Å². The first kappa shape index (κ1) is 10.8. The quantitative estimate of drug-likeness (QED) is 0.730. The normalized spacial score (nSPS) is 30.2. The van der Waals surface area contributed by atoms with Crippen molar-refractivity contribution in [1.82, 2.24) is 0 Å². The minimum absolute atomic E-state index is 0.313. The van der Waals surface area contributed by atoms with E-state index in [-0.39, 0.29) is 0 Å². The lowest BCUT2D eigenvalue weighted by Gasteiger charge is -2.23. The number of rotatable bonds is 4. The highest BCUT2D eigenvalue weighted by molar-refractivity contribution is 7.99. The second kappa shape index (κ2) is 4.86. The van der Waals surface area contributed by atoms with E-state index in [0.29, 0.717) is 11.7 Å². The molecule has 0 bridgehead atoms. The van der Waals surface area contributed by atoms with Gasteiger partial charge in [0, 0.05) is 18.1 Å². The highest BCUT2D eigenvalue weighted by Gasteiger charge is 2.41. The third-order valence-electron chi connectivity index (χ3n) is 3.42. The monoisotopic (exact) mass is 215 g/mol. The topological polar surface area (TPSA) is 35.2 Å². The van der Waals surface area contributed by atoms with Crippen LogP contribution >= 0.6 is 11.8 Å². The van der Waals surface area contributed by atoms with Gasteiger partial charge in [0.25, 0.3) is 0 Å². The van der Waals surface area contributed by atoms with Gasteiger partial charge in [0.2, 0.25) is 0 Å². The molecular formula is C11H21NOS. The Bertz CT molecular complexity index is 180. The van der Waals surface area contributed by atoms with Crippen LogP contribution in [0.2, 0.25) is 0 Å². The Morgan fingerprint density at radius 1 is 1.29 bits per heavy atom. The van der Waals surface area contributed by atoms with Crippen molar-refractivity contribution in [3.63, 3.8) is 0 Å². The van der Waals surface area contributed by atoms with Gasteiger partial charge in [0.05, 0.1) is 11.7 Å². The maximum absolute atomic E-state index is 6.19. The summed E-state index contributed by atoms with van der Waals surface area (Å²) in [6.45, 7) is 0.794. The molecule has 3 heteroatoms. The number of nitrogens with two attached hydrogens (primary N) is 1. The van der Waals surface area contributed by atoms with Gasteiger partial charge in [0.1, 0.15) is 0 Å². The fourth-order valence-corrected chi connectivity index (χ4v) is 3.53. The van der Waals surface area contributed by atoms with Crippen molar-refractivity contribution >= 4 is 11.8 Å². The average molecular weight is 215 g/mol. The molecule has 1 saturated heterocycles. The van der Waals surface area contributed by atoms with Crippen LogP contribution in [0.3, 0.4) is 0 Å². The molecule has 1 atom stereocenters. The molecule has 1 aliphatic heterocycles.